The van der Waals surface area contributed by atoms with Gasteiger partial charge in [-0.15, -0.1) is 0 Å². The van der Waals surface area contributed by atoms with Crippen LogP contribution in [0.15, 0.2) is 33.9 Å². The van der Waals surface area contributed by atoms with E-state index in [1.165, 1.54) is 6.26 Å². The van der Waals surface area contributed by atoms with E-state index in [0.29, 0.717) is 18.0 Å². The van der Waals surface area contributed by atoms with Gasteiger partial charge < -0.3 is 10.2 Å². The summed E-state index contributed by atoms with van der Waals surface area (Å²) in [7, 11) is -3.48. The Balaban J connectivity index is 1.75. The lowest BCUT2D eigenvalue weighted by atomic mass is 9.76. The van der Waals surface area contributed by atoms with Crippen molar-refractivity contribution >= 4 is 21.5 Å². The quantitative estimate of drug-likeness (QED) is 0.770. The van der Waals surface area contributed by atoms with Gasteiger partial charge in [-0.05, 0) is 49.8 Å². The zero-order chi connectivity index (χ0) is 21.0. The first kappa shape index (κ1) is 19.8. The van der Waals surface area contributed by atoms with Crippen LogP contribution < -0.4 is 5.73 Å². The van der Waals surface area contributed by atoms with Gasteiger partial charge in [0.15, 0.2) is 21.5 Å². The Morgan fingerprint density at radius 2 is 2.07 bits per heavy atom. The first-order valence-electron chi connectivity index (χ1n) is 9.70. The van der Waals surface area contributed by atoms with Crippen molar-refractivity contribution in [3.63, 3.8) is 0 Å². The molecule has 7 nitrogen and oxygen atoms in total. The van der Waals surface area contributed by atoms with Crippen molar-refractivity contribution in [1.82, 2.24) is 4.98 Å². The smallest absolute Gasteiger partial charge is 0.191 e. The van der Waals surface area contributed by atoms with Crippen LogP contribution in [0.1, 0.15) is 59.8 Å². The molecule has 2 N–H and O–H groups in total. The first-order chi connectivity index (χ1) is 13.5. The average Bonchev–Trinajstić information content (AvgIpc) is 3.07. The summed E-state index contributed by atoms with van der Waals surface area (Å²) in [5, 5.41) is 0. The Bertz CT molecular complexity index is 1130. The molecule has 0 bridgehead atoms. The monoisotopic (exact) mass is 415 g/mol. The van der Waals surface area contributed by atoms with E-state index in [1.54, 1.807) is 20.8 Å². The number of rotatable bonds is 3. The molecule has 29 heavy (non-hydrogen) atoms. The third-order valence-electron chi connectivity index (χ3n) is 6.14. The number of nitrogens with zero attached hydrogens (tertiary/aromatic N) is 2. The zero-order valence-electron chi connectivity index (χ0n) is 16.9. The minimum atomic E-state index is -3.48. The summed E-state index contributed by atoms with van der Waals surface area (Å²) < 4.78 is 30.0. The molecular formula is C21H25N3O4S. The Labute approximate surface area is 170 Å². The number of hydrogen-bond donors (Lipinski definition) is 1. The Hall–Kier alpha value is -2.48. The van der Waals surface area contributed by atoms with Crippen molar-refractivity contribution in [2.45, 2.75) is 56.7 Å². The first-order valence-corrected chi connectivity index (χ1v) is 11.3. The number of fused-ring (bicyclic) bond motifs is 2. The zero-order valence-corrected chi connectivity index (χ0v) is 17.7. The molecule has 0 radical (unpaired) electrons. The molecule has 2 aliphatic rings. The third kappa shape index (κ3) is 3.19. The summed E-state index contributed by atoms with van der Waals surface area (Å²) in [6.45, 7) is 4.90. The van der Waals surface area contributed by atoms with Crippen LogP contribution in [0.3, 0.4) is 0 Å². The van der Waals surface area contributed by atoms with E-state index < -0.39 is 20.1 Å². The molecule has 0 unspecified atom stereocenters. The summed E-state index contributed by atoms with van der Waals surface area (Å²) in [6, 6.07) is 5.81. The number of ketones is 1. The average molecular weight is 416 g/mol. The van der Waals surface area contributed by atoms with Crippen LogP contribution in [0.2, 0.25) is 0 Å². The van der Waals surface area contributed by atoms with E-state index in [0.717, 1.165) is 29.5 Å². The third-order valence-corrected chi connectivity index (χ3v) is 8.76. The Morgan fingerprint density at radius 3 is 2.72 bits per heavy atom. The maximum Gasteiger partial charge on any atom is 0.191 e. The van der Waals surface area contributed by atoms with Crippen molar-refractivity contribution in [2.75, 3.05) is 5.75 Å². The van der Waals surface area contributed by atoms with Crippen molar-refractivity contribution in [2.24, 2.45) is 10.7 Å². The summed E-state index contributed by atoms with van der Waals surface area (Å²) in [6.07, 6.45) is 3.84. The van der Waals surface area contributed by atoms with Crippen LogP contribution >= 0.6 is 0 Å². The molecule has 1 spiro atoms. The second kappa shape index (κ2) is 6.52. The molecule has 1 atom stereocenters. The normalized spacial score (nSPS) is 24.7. The number of oxazole rings is 1. The fourth-order valence-corrected chi connectivity index (χ4v) is 5.89. The molecule has 1 aromatic carbocycles. The van der Waals surface area contributed by atoms with Crippen molar-refractivity contribution < 1.29 is 17.6 Å². The fraction of sp³-hybridized carbons (Fsp3) is 0.476. The van der Waals surface area contributed by atoms with Gasteiger partial charge in [-0.1, -0.05) is 18.2 Å². The van der Waals surface area contributed by atoms with Gasteiger partial charge in [-0.3, -0.25) is 9.79 Å². The molecule has 0 fully saturated rings. The minimum absolute atomic E-state index is 0.0689. The van der Waals surface area contributed by atoms with E-state index in [2.05, 4.69) is 4.98 Å². The lowest BCUT2D eigenvalue weighted by Gasteiger charge is -2.43. The summed E-state index contributed by atoms with van der Waals surface area (Å²) in [5.74, 6) is 0.376. The maximum absolute atomic E-state index is 13.0. The number of aliphatic imine (C=N–C) groups is 1. The number of carbonyl (C=O) groups excluding carboxylic acids is 1. The highest BCUT2D eigenvalue weighted by Gasteiger charge is 2.51. The summed E-state index contributed by atoms with van der Waals surface area (Å²) >= 11 is 0. The van der Waals surface area contributed by atoms with Crippen LogP contribution in [0.5, 0.6) is 0 Å². The van der Waals surface area contributed by atoms with Crippen LogP contribution in [-0.2, 0) is 28.2 Å². The van der Waals surface area contributed by atoms with E-state index in [4.69, 9.17) is 15.1 Å². The summed E-state index contributed by atoms with van der Waals surface area (Å²) in [4.78, 5) is 21.4. The van der Waals surface area contributed by atoms with Gasteiger partial charge in [-0.2, -0.15) is 0 Å². The molecule has 154 valence electrons. The number of nitrogens with two attached hydrogens (primary N) is 1. The Morgan fingerprint density at radius 1 is 1.31 bits per heavy atom. The SMILES string of the molecule is Cc1nc(C(=O)Cc2ccc3c(c2)[C@]2(CCC3)CS(=O)(=O)C(C)(C)C(N)=N2)co1. The topological polar surface area (TPSA) is 116 Å². The highest BCUT2D eigenvalue weighted by molar-refractivity contribution is 7.93. The van der Waals surface area contributed by atoms with Gasteiger partial charge in [0.25, 0.3) is 0 Å². The minimum Gasteiger partial charge on any atom is -0.449 e. The largest absolute Gasteiger partial charge is 0.449 e. The van der Waals surface area contributed by atoms with Gasteiger partial charge in [-0.25, -0.2) is 13.4 Å². The number of amidine groups is 1. The number of Topliss-reactive ketones (excluding diaryl/α,β-unsaturated/α-hetero) is 1. The standard InChI is InChI=1S/C21H25N3O4S/c1-13-23-17(11-28-13)18(25)10-14-6-7-15-5-4-8-21(16(15)9-14)12-29(26,27)20(2,3)19(22)24-21/h6-7,9,11H,4-5,8,10,12H2,1-3H3,(H2,22,24)/t21-/m0/s1. The number of hydrogen-bond acceptors (Lipinski definition) is 7. The molecule has 1 aliphatic heterocycles. The second-order valence-corrected chi connectivity index (χ2v) is 11.0. The van der Waals surface area contributed by atoms with Crippen LogP contribution in [0.4, 0.5) is 0 Å². The van der Waals surface area contributed by atoms with E-state index in [-0.39, 0.29) is 23.8 Å². The molecule has 0 saturated carbocycles. The molecule has 8 heteroatoms. The molecule has 4 rings (SSSR count). The van der Waals surface area contributed by atoms with Gasteiger partial charge in [0.05, 0.1) is 5.75 Å². The van der Waals surface area contributed by atoms with Crippen LogP contribution in [0.25, 0.3) is 0 Å². The van der Waals surface area contributed by atoms with Crippen LogP contribution in [-0.4, -0.2) is 35.5 Å². The van der Waals surface area contributed by atoms with Gasteiger partial charge in [0, 0.05) is 13.3 Å². The molecule has 2 aromatic rings. The number of aromatic nitrogens is 1. The molecule has 1 aliphatic carbocycles. The van der Waals surface area contributed by atoms with Crippen molar-refractivity contribution in [3.8, 4) is 0 Å². The molecular weight excluding hydrogens is 390 g/mol. The maximum atomic E-state index is 13.0. The van der Waals surface area contributed by atoms with E-state index >= 15 is 0 Å². The summed E-state index contributed by atoms with van der Waals surface area (Å²) in [5.41, 5.74) is 8.29. The highest BCUT2D eigenvalue weighted by atomic mass is 32.2. The molecule has 2 heterocycles. The van der Waals surface area contributed by atoms with Gasteiger partial charge >= 0.3 is 0 Å². The number of benzene rings is 1. The molecule has 1 aromatic heterocycles. The number of aryl methyl sites for hydroxylation is 2. The lowest BCUT2D eigenvalue weighted by Crippen LogP contribution is -2.56. The molecule has 0 amide bonds. The fourth-order valence-electron chi connectivity index (χ4n) is 4.18. The number of sulfone groups is 1. The van der Waals surface area contributed by atoms with E-state index in [1.807, 2.05) is 18.2 Å². The molecule has 0 saturated heterocycles. The Kier molecular flexibility index (Phi) is 4.45. The van der Waals surface area contributed by atoms with Crippen LogP contribution in [0, 0.1) is 6.92 Å². The predicted octanol–water partition coefficient (Wildman–Crippen LogP) is 2.50. The van der Waals surface area contributed by atoms with Crippen molar-refractivity contribution in [1.29, 1.82) is 0 Å². The second-order valence-electron chi connectivity index (χ2n) is 8.49. The number of carbonyl (C=O) groups is 1. The van der Waals surface area contributed by atoms with Gasteiger partial charge in [0.1, 0.15) is 28.1 Å². The highest BCUT2D eigenvalue weighted by Crippen LogP contribution is 2.44. The predicted molar refractivity (Wildman–Crippen MR) is 110 cm³/mol. The van der Waals surface area contributed by atoms with Gasteiger partial charge in [0.2, 0.25) is 0 Å². The van der Waals surface area contributed by atoms with Crippen molar-refractivity contribution in [3.05, 3.63) is 52.7 Å². The van der Waals surface area contributed by atoms with E-state index in [9.17, 15) is 13.2 Å². The lowest BCUT2D eigenvalue weighted by molar-refractivity contribution is 0.0988.